The summed E-state index contributed by atoms with van der Waals surface area (Å²) in [6.07, 6.45) is 1.50. The van der Waals surface area contributed by atoms with Crippen molar-refractivity contribution in [3.63, 3.8) is 0 Å². The van der Waals surface area contributed by atoms with Crippen molar-refractivity contribution in [2.45, 2.75) is 0 Å². The molecule has 1 heterocycles. The summed E-state index contributed by atoms with van der Waals surface area (Å²) in [6, 6.07) is 9.02. The van der Waals surface area contributed by atoms with Gasteiger partial charge in [0.15, 0.2) is 0 Å². The van der Waals surface area contributed by atoms with Crippen molar-refractivity contribution in [3.05, 3.63) is 48.2 Å². The van der Waals surface area contributed by atoms with Crippen LogP contribution in [0.5, 0.6) is 5.88 Å². The second-order valence-electron chi connectivity index (χ2n) is 4.11. The van der Waals surface area contributed by atoms with Gasteiger partial charge in [0.25, 0.3) is 5.91 Å². The molecule has 0 atom stereocenters. The van der Waals surface area contributed by atoms with Crippen LogP contribution in [-0.4, -0.2) is 24.0 Å². The lowest BCUT2D eigenvalue weighted by atomic mass is 10.2. The van der Waals surface area contributed by atoms with Crippen LogP contribution in [0.15, 0.2) is 42.6 Å². The van der Waals surface area contributed by atoms with Crippen LogP contribution in [0.25, 0.3) is 0 Å². The largest absolute Gasteiger partial charge is 0.481 e. The van der Waals surface area contributed by atoms with Gasteiger partial charge >= 0.3 is 6.03 Å². The lowest BCUT2D eigenvalue weighted by molar-refractivity contribution is 0.102. The van der Waals surface area contributed by atoms with E-state index in [-0.39, 0.29) is 5.91 Å². The predicted molar refractivity (Wildman–Crippen MR) is 78.4 cm³/mol. The molecule has 0 spiro atoms. The number of nitrogens with zero attached hydrogens (tertiary/aromatic N) is 1. The van der Waals surface area contributed by atoms with E-state index in [0.29, 0.717) is 22.8 Å². The highest BCUT2D eigenvalue weighted by Crippen LogP contribution is 2.14. The summed E-state index contributed by atoms with van der Waals surface area (Å²) in [6.45, 7) is 0. The zero-order valence-electron chi connectivity index (χ0n) is 11.3. The van der Waals surface area contributed by atoms with Gasteiger partial charge in [-0.1, -0.05) is 0 Å². The van der Waals surface area contributed by atoms with E-state index < -0.39 is 6.03 Å². The number of benzene rings is 1. The van der Waals surface area contributed by atoms with Crippen LogP contribution in [-0.2, 0) is 0 Å². The number of hydrogen-bond donors (Lipinski definition) is 3. The van der Waals surface area contributed by atoms with Crippen molar-refractivity contribution in [2.24, 2.45) is 5.73 Å². The molecular formula is C14H14N4O3. The minimum atomic E-state index is -0.656. The number of carbonyl (C=O) groups is 2. The Morgan fingerprint density at radius 3 is 2.24 bits per heavy atom. The molecule has 0 unspecified atom stereocenters. The van der Waals surface area contributed by atoms with Crippen molar-refractivity contribution in [2.75, 3.05) is 17.7 Å². The van der Waals surface area contributed by atoms with Gasteiger partial charge in [0.2, 0.25) is 5.88 Å². The van der Waals surface area contributed by atoms with Crippen LogP contribution in [0.2, 0.25) is 0 Å². The van der Waals surface area contributed by atoms with E-state index in [0.717, 1.165) is 0 Å². The molecule has 0 aliphatic carbocycles. The van der Waals surface area contributed by atoms with Gasteiger partial charge in [-0.15, -0.1) is 0 Å². The summed E-state index contributed by atoms with van der Waals surface area (Å²) in [4.78, 5) is 26.7. The monoisotopic (exact) mass is 286 g/mol. The minimum absolute atomic E-state index is 0.285. The zero-order chi connectivity index (χ0) is 15.2. The van der Waals surface area contributed by atoms with Crippen molar-refractivity contribution in [1.29, 1.82) is 0 Å². The highest BCUT2D eigenvalue weighted by Gasteiger charge is 2.07. The highest BCUT2D eigenvalue weighted by atomic mass is 16.5. The molecule has 0 fully saturated rings. The molecule has 108 valence electrons. The maximum atomic E-state index is 12.0. The number of rotatable bonds is 4. The number of amides is 3. The summed E-state index contributed by atoms with van der Waals surface area (Å²) in [5.41, 5.74) is 6.52. The lowest BCUT2D eigenvalue weighted by Gasteiger charge is -2.07. The molecule has 2 rings (SSSR count). The molecule has 7 nitrogen and oxygen atoms in total. The fraction of sp³-hybridized carbons (Fsp3) is 0.0714. The highest BCUT2D eigenvalue weighted by molar-refractivity contribution is 6.04. The molecular weight excluding hydrogens is 272 g/mol. The van der Waals surface area contributed by atoms with Crippen molar-refractivity contribution in [3.8, 4) is 5.88 Å². The molecule has 7 heteroatoms. The topological polar surface area (TPSA) is 106 Å². The smallest absolute Gasteiger partial charge is 0.316 e. The Morgan fingerprint density at radius 2 is 1.71 bits per heavy atom. The molecule has 0 aliphatic rings. The average Bonchev–Trinajstić information content (AvgIpc) is 2.48. The maximum Gasteiger partial charge on any atom is 0.316 e. The molecule has 3 amide bonds. The van der Waals surface area contributed by atoms with Crippen molar-refractivity contribution >= 4 is 23.3 Å². The number of primary amides is 1. The van der Waals surface area contributed by atoms with Gasteiger partial charge < -0.3 is 21.1 Å². The molecule has 0 saturated carbocycles. The third kappa shape index (κ3) is 3.93. The van der Waals surface area contributed by atoms with E-state index >= 15 is 0 Å². The summed E-state index contributed by atoms with van der Waals surface area (Å²) in [7, 11) is 1.52. The predicted octanol–water partition coefficient (Wildman–Crippen LogP) is 1.83. The van der Waals surface area contributed by atoms with Crippen LogP contribution in [0.4, 0.5) is 16.2 Å². The fourth-order valence-corrected chi connectivity index (χ4v) is 1.63. The Balaban J connectivity index is 2.03. The first-order valence-electron chi connectivity index (χ1n) is 6.06. The molecule has 2 aromatic rings. The van der Waals surface area contributed by atoms with Crippen LogP contribution in [0.1, 0.15) is 10.4 Å². The van der Waals surface area contributed by atoms with Gasteiger partial charge in [-0.25, -0.2) is 9.78 Å². The number of methoxy groups -OCH3 is 1. The Labute approximate surface area is 121 Å². The number of pyridine rings is 1. The number of anilines is 2. The molecule has 0 radical (unpaired) electrons. The first-order chi connectivity index (χ1) is 10.1. The van der Waals surface area contributed by atoms with Crippen LogP contribution >= 0.6 is 0 Å². The first kappa shape index (κ1) is 14.3. The van der Waals surface area contributed by atoms with Crippen LogP contribution < -0.4 is 21.1 Å². The molecule has 1 aromatic carbocycles. The van der Waals surface area contributed by atoms with Crippen LogP contribution in [0, 0.1) is 0 Å². The fourth-order valence-electron chi connectivity index (χ4n) is 1.63. The summed E-state index contributed by atoms with van der Waals surface area (Å²) < 4.78 is 4.94. The van der Waals surface area contributed by atoms with Gasteiger partial charge in [0, 0.05) is 17.3 Å². The Hall–Kier alpha value is -3.09. The van der Waals surface area contributed by atoms with E-state index in [2.05, 4.69) is 15.6 Å². The molecule has 4 N–H and O–H groups in total. The van der Waals surface area contributed by atoms with Gasteiger partial charge in [-0.3, -0.25) is 4.79 Å². The maximum absolute atomic E-state index is 12.0. The molecule has 1 aromatic heterocycles. The molecule has 21 heavy (non-hydrogen) atoms. The van der Waals surface area contributed by atoms with Gasteiger partial charge in [0.05, 0.1) is 19.0 Å². The normalized spacial score (nSPS) is 9.76. The van der Waals surface area contributed by atoms with Crippen molar-refractivity contribution in [1.82, 2.24) is 4.98 Å². The number of urea groups is 1. The molecule has 0 bridgehead atoms. The quantitative estimate of drug-likeness (QED) is 0.797. The second-order valence-corrected chi connectivity index (χ2v) is 4.11. The SMILES string of the molecule is COc1ccc(NC(=O)c2ccc(NC(N)=O)cc2)cn1. The minimum Gasteiger partial charge on any atom is -0.481 e. The second kappa shape index (κ2) is 6.38. The van der Waals surface area contributed by atoms with E-state index in [9.17, 15) is 9.59 Å². The summed E-state index contributed by atoms with van der Waals surface area (Å²) >= 11 is 0. The zero-order valence-corrected chi connectivity index (χ0v) is 11.3. The van der Waals surface area contributed by atoms with Crippen LogP contribution in [0.3, 0.4) is 0 Å². The number of nitrogens with two attached hydrogens (primary N) is 1. The number of carbonyl (C=O) groups excluding carboxylic acids is 2. The third-order valence-corrected chi connectivity index (χ3v) is 2.62. The first-order valence-corrected chi connectivity index (χ1v) is 6.06. The third-order valence-electron chi connectivity index (χ3n) is 2.62. The summed E-state index contributed by atoms with van der Waals surface area (Å²) in [5, 5.41) is 5.12. The van der Waals surface area contributed by atoms with Gasteiger partial charge in [-0.2, -0.15) is 0 Å². The number of hydrogen-bond acceptors (Lipinski definition) is 4. The molecule has 0 saturated heterocycles. The van der Waals surface area contributed by atoms with E-state index in [1.807, 2.05) is 0 Å². The van der Waals surface area contributed by atoms with E-state index in [1.54, 1.807) is 36.4 Å². The summed E-state index contributed by atoms with van der Waals surface area (Å²) in [5.74, 6) is 0.183. The van der Waals surface area contributed by atoms with Gasteiger partial charge in [-0.05, 0) is 30.3 Å². The van der Waals surface area contributed by atoms with Crippen molar-refractivity contribution < 1.29 is 14.3 Å². The number of ether oxygens (including phenoxy) is 1. The lowest BCUT2D eigenvalue weighted by Crippen LogP contribution is -2.19. The average molecular weight is 286 g/mol. The van der Waals surface area contributed by atoms with E-state index in [1.165, 1.54) is 13.3 Å². The van der Waals surface area contributed by atoms with Gasteiger partial charge in [0.1, 0.15) is 0 Å². The number of nitrogens with one attached hydrogen (secondary N) is 2. The Kier molecular flexibility index (Phi) is 4.35. The Morgan fingerprint density at radius 1 is 1.05 bits per heavy atom. The Bertz CT molecular complexity index is 638. The standard InChI is InChI=1S/C14H14N4O3/c1-21-12-7-6-11(8-16-12)17-13(19)9-2-4-10(5-3-9)18-14(15)20/h2-8H,1H3,(H,17,19)(H3,15,18,20). The molecule has 0 aliphatic heterocycles. The number of aromatic nitrogens is 1. The van der Waals surface area contributed by atoms with E-state index in [4.69, 9.17) is 10.5 Å².